The van der Waals surface area contributed by atoms with Crippen LogP contribution in [0.3, 0.4) is 0 Å². The molecule has 0 aromatic heterocycles. The third kappa shape index (κ3) is 2.62. The van der Waals surface area contributed by atoms with Crippen LogP contribution in [0.5, 0.6) is 0 Å². The van der Waals surface area contributed by atoms with Gasteiger partial charge in [-0.2, -0.15) is 5.26 Å². The first-order valence-electron chi connectivity index (χ1n) is 5.85. The van der Waals surface area contributed by atoms with Crippen molar-refractivity contribution in [2.24, 2.45) is 5.41 Å². The van der Waals surface area contributed by atoms with Crippen LogP contribution >= 0.6 is 11.6 Å². The average Bonchev–Trinajstić information content (AvgIpc) is 2.69. The lowest BCUT2D eigenvalue weighted by molar-refractivity contribution is 0.0793. The highest BCUT2D eigenvalue weighted by Crippen LogP contribution is 2.43. The van der Waals surface area contributed by atoms with E-state index in [2.05, 4.69) is 0 Å². The Hall–Kier alpha value is -1.09. The fourth-order valence-corrected chi connectivity index (χ4v) is 4.50. The fraction of sp³-hybridized carbons (Fsp3) is 0.462. The molecule has 102 valence electrons. The molecule has 0 aliphatic carbocycles. The molecular weight excluding hydrogens is 286 g/mol. The molecule has 2 atom stereocenters. The lowest BCUT2D eigenvalue weighted by atomic mass is 9.80. The fourth-order valence-electron chi connectivity index (χ4n) is 2.34. The SMILES string of the molecule is Cc1ccc(C(O)C2(C#N)CCS(=O)(=O)C2)cc1Cl. The number of hydrogen-bond donors (Lipinski definition) is 1. The maximum Gasteiger partial charge on any atom is 0.152 e. The third-order valence-electron chi connectivity index (χ3n) is 3.59. The summed E-state index contributed by atoms with van der Waals surface area (Å²) in [5.41, 5.74) is 0.0779. The van der Waals surface area contributed by atoms with Crippen molar-refractivity contribution < 1.29 is 13.5 Å². The van der Waals surface area contributed by atoms with E-state index in [9.17, 15) is 18.8 Å². The highest BCUT2D eigenvalue weighted by molar-refractivity contribution is 7.91. The number of aliphatic hydroxyl groups is 1. The molecule has 2 rings (SSSR count). The Balaban J connectivity index is 2.40. The zero-order chi connectivity index (χ0) is 14.3. The first-order valence-corrected chi connectivity index (χ1v) is 8.05. The number of hydrogen-bond acceptors (Lipinski definition) is 4. The lowest BCUT2D eigenvalue weighted by Gasteiger charge is -2.26. The summed E-state index contributed by atoms with van der Waals surface area (Å²) in [6.07, 6.45) is -0.994. The van der Waals surface area contributed by atoms with E-state index in [1.807, 2.05) is 13.0 Å². The summed E-state index contributed by atoms with van der Waals surface area (Å²) in [5.74, 6) is -0.361. The first-order chi connectivity index (χ1) is 8.80. The molecule has 1 fully saturated rings. The van der Waals surface area contributed by atoms with Gasteiger partial charge in [-0.1, -0.05) is 23.7 Å². The molecule has 0 saturated carbocycles. The van der Waals surface area contributed by atoms with Crippen LogP contribution in [0, 0.1) is 23.7 Å². The topological polar surface area (TPSA) is 78.2 Å². The predicted octanol–water partition coefficient (Wildman–Crippen LogP) is 2.01. The lowest BCUT2D eigenvalue weighted by Crippen LogP contribution is -2.28. The zero-order valence-electron chi connectivity index (χ0n) is 10.4. The van der Waals surface area contributed by atoms with Gasteiger partial charge >= 0.3 is 0 Å². The minimum atomic E-state index is -3.25. The number of nitrogens with zero attached hydrogens (tertiary/aromatic N) is 1. The summed E-state index contributed by atoms with van der Waals surface area (Å²) in [7, 11) is -3.25. The van der Waals surface area contributed by atoms with Crippen molar-refractivity contribution in [1.82, 2.24) is 0 Å². The number of aryl methyl sites for hydroxylation is 1. The Morgan fingerprint density at radius 1 is 1.53 bits per heavy atom. The van der Waals surface area contributed by atoms with E-state index >= 15 is 0 Å². The van der Waals surface area contributed by atoms with E-state index in [0.29, 0.717) is 10.6 Å². The molecule has 1 aliphatic heterocycles. The van der Waals surface area contributed by atoms with E-state index in [-0.39, 0.29) is 17.9 Å². The van der Waals surface area contributed by atoms with Crippen LogP contribution < -0.4 is 0 Å². The smallest absolute Gasteiger partial charge is 0.152 e. The Morgan fingerprint density at radius 3 is 2.68 bits per heavy atom. The van der Waals surface area contributed by atoms with E-state index in [0.717, 1.165) is 5.56 Å². The minimum Gasteiger partial charge on any atom is -0.387 e. The van der Waals surface area contributed by atoms with Gasteiger partial charge in [0.25, 0.3) is 0 Å². The van der Waals surface area contributed by atoms with E-state index in [1.165, 1.54) is 0 Å². The molecule has 0 radical (unpaired) electrons. The average molecular weight is 300 g/mol. The number of nitriles is 1. The molecule has 1 aromatic carbocycles. The van der Waals surface area contributed by atoms with Gasteiger partial charge in [0.1, 0.15) is 5.41 Å². The van der Waals surface area contributed by atoms with Gasteiger partial charge in [-0.3, -0.25) is 0 Å². The van der Waals surface area contributed by atoms with E-state index in [1.54, 1.807) is 18.2 Å². The van der Waals surface area contributed by atoms with Crippen molar-refractivity contribution >= 4 is 21.4 Å². The standard InChI is InChI=1S/C13H14ClNO3S/c1-9-2-3-10(6-11(9)14)12(16)13(7-15)4-5-19(17,18)8-13/h2-3,6,12,16H,4-5,8H2,1H3. The van der Waals surface area contributed by atoms with Crippen molar-refractivity contribution in [3.05, 3.63) is 34.3 Å². The molecule has 4 nitrogen and oxygen atoms in total. The summed E-state index contributed by atoms with van der Waals surface area (Å²) in [6, 6.07) is 7.00. The number of rotatable bonds is 2. The van der Waals surface area contributed by atoms with Gasteiger partial charge in [-0.25, -0.2) is 8.42 Å². The van der Waals surface area contributed by atoms with Crippen LogP contribution in [0.4, 0.5) is 0 Å². The van der Waals surface area contributed by atoms with Crippen LogP contribution in [-0.4, -0.2) is 25.0 Å². The quantitative estimate of drug-likeness (QED) is 0.906. The molecule has 19 heavy (non-hydrogen) atoms. The van der Waals surface area contributed by atoms with Crippen molar-refractivity contribution in [3.8, 4) is 6.07 Å². The van der Waals surface area contributed by atoms with Gasteiger partial charge in [-0.15, -0.1) is 0 Å². The van der Waals surface area contributed by atoms with Gasteiger partial charge in [0, 0.05) is 5.02 Å². The third-order valence-corrected chi connectivity index (χ3v) is 5.78. The molecule has 1 saturated heterocycles. The number of benzene rings is 1. The summed E-state index contributed by atoms with van der Waals surface area (Å²) in [4.78, 5) is 0. The maximum absolute atomic E-state index is 11.6. The van der Waals surface area contributed by atoms with Gasteiger partial charge < -0.3 is 5.11 Å². The second-order valence-electron chi connectivity index (χ2n) is 5.02. The van der Waals surface area contributed by atoms with Crippen LogP contribution in [0.1, 0.15) is 23.7 Å². The van der Waals surface area contributed by atoms with E-state index < -0.39 is 21.4 Å². The molecule has 6 heteroatoms. The molecule has 1 aliphatic rings. The summed E-state index contributed by atoms with van der Waals surface area (Å²) >= 11 is 6.00. The maximum atomic E-state index is 11.6. The summed E-state index contributed by atoms with van der Waals surface area (Å²) in [6.45, 7) is 1.83. The second kappa shape index (κ2) is 4.78. The molecule has 1 aromatic rings. The van der Waals surface area contributed by atoms with Gasteiger partial charge in [0.05, 0.1) is 23.7 Å². The number of halogens is 1. The zero-order valence-corrected chi connectivity index (χ0v) is 12.0. The van der Waals surface area contributed by atoms with Crippen LogP contribution in [0.2, 0.25) is 5.02 Å². The summed E-state index contributed by atoms with van der Waals surface area (Å²) in [5, 5.41) is 20.2. The van der Waals surface area contributed by atoms with Crippen molar-refractivity contribution in [1.29, 1.82) is 5.26 Å². The van der Waals surface area contributed by atoms with E-state index in [4.69, 9.17) is 11.6 Å². The van der Waals surface area contributed by atoms with Crippen LogP contribution in [-0.2, 0) is 9.84 Å². The Bertz CT molecular complexity index is 650. The monoisotopic (exact) mass is 299 g/mol. The molecule has 2 unspecified atom stereocenters. The molecule has 0 bridgehead atoms. The Morgan fingerprint density at radius 2 is 2.21 bits per heavy atom. The van der Waals surface area contributed by atoms with Crippen molar-refractivity contribution in [2.75, 3.05) is 11.5 Å². The Labute approximate surface area is 117 Å². The molecule has 1 N–H and O–H groups in total. The second-order valence-corrected chi connectivity index (χ2v) is 7.61. The highest BCUT2D eigenvalue weighted by Gasteiger charge is 2.48. The number of sulfone groups is 1. The predicted molar refractivity (Wildman–Crippen MR) is 72.5 cm³/mol. The normalized spacial score (nSPS) is 26.8. The number of aliphatic hydroxyl groups excluding tert-OH is 1. The molecule has 0 spiro atoms. The highest BCUT2D eigenvalue weighted by atomic mass is 35.5. The largest absolute Gasteiger partial charge is 0.387 e. The summed E-state index contributed by atoms with van der Waals surface area (Å²) < 4.78 is 23.1. The van der Waals surface area contributed by atoms with Crippen molar-refractivity contribution in [3.63, 3.8) is 0 Å². The van der Waals surface area contributed by atoms with Gasteiger partial charge in [0.15, 0.2) is 9.84 Å². The Kier molecular flexibility index (Phi) is 3.61. The molecule has 1 heterocycles. The van der Waals surface area contributed by atoms with Crippen LogP contribution in [0.25, 0.3) is 0 Å². The van der Waals surface area contributed by atoms with Crippen LogP contribution in [0.15, 0.2) is 18.2 Å². The molecular formula is C13H14ClNO3S. The van der Waals surface area contributed by atoms with Gasteiger partial charge in [0.2, 0.25) is 0 Å². The van der Waals surface area contributed by atoms with Gasteiger partial charge in [-0.05, 0) is 30.5 Å². The first kappa shape index (κ1) is 14.3. The van der Waals surface area contributed by atoms with Crippen molar-refractivity contribution in [2.45, 2.75) is 19.4 Å². The minimum absolute atomic E-state index is 0.0583. The molecule has 0 amide bonds.